The topological polar surface area (TPSA) is 114 Å². The minimum Gasteiger partial charge on any atom is -0.379 e. The molecule has 0 aliphatic carbocycles. The van der Waals surface area contributed by atoms with Crippen LogP contribution in [0.15, 0.2) is 52.3 Å². The summed E-state index contributed by atoms with van der Waals surface area (Å²) in [7, 11) is -6.68. The highest BCUT2D eigenvalue weighted by atomic mass is 32.2. The van der Waals surface area contributed by atoms with Crippen molar-refractivity contribution in [2.75, 3.05) is 56.3 Å². The monoisotopic (exact) mass is 551 g/mol. The fraction of sp³-hybridized carbons (Fsp3) is 0.417. The molecule has 1 amide bonds. The van der Waals surface area contributed by atoms with Crippen molar-refractivity contribution in [1.82, 2.24) is 9.88 Å². The summed E-state index contributed by atoms with van der Waals surface area (Å²) in [5.74, 6) is -0.157. The van der Waals surface area contributed by atoms with Gasteiger partial charge in [0.05, 0.1) is 45.4 Å². The van der Waals surface area contributed by atoms with Crippen LogP contribution in [-0.2, 0) is 35.6 Å². The van der Waals surface area contributed by atoms with Gasteiger partial charge in [-0.15, -0.1) is 0 Å². The number of ether oxygens (including phenoxy) is 1. The molecular weight excluding hydrogens is 522 g/mol. The van der Waals surface area contributed by atoms with Gasteiger partial charge in [0.15, 0.2) is 24.8 Å². The maximum absolute atomic E-state index is 13.5. The van der Waals surface area contributed by atoms with Crippen LogP contribution in [0.5, 0.6) is 0 Å². The Hall–Kier alpha value is -2.38. The summed E-state index contributed by atoms with van der Waals surface area (Å²) in [6, 6.07) is 11.2. The van der Waals surface area contributed by atoms with E-state index in [4.69, 9.17) is 4.74 Å². The first kappa shape index (κ1) is 26.7. The molecule has 194 valence electrons. The largest absolute Gasteiger partial charge is 0.379 e. The highest BCUT2D eigenvalue weighted by molar-refractivity contribution is 7.91. The summed E-state index contributed by atoms with van der Waals surface area (Å²) in [6.45, 7) is 5.52. The van der Waals surface area contributed by atoms with Crippen molar-refractivity contribution >= 4 is 52.3 Å². The highest BCUT2D eigenvalue weighted by Crippen LogP contribution is 2.31. The van der Waals surface area contributed by atoms with E-state index >= 15 is 0 Å². The lowest BCUT2D eigenvalue weighted by atomic mass is 10.1. The molecule has 0 N–H and O–H groups in total. The molecule has 1 aromatic heterocycles. The zero-order valence-electron chi connectivity index (χ0n) is 20.2. The summed E-state index contributed by atoms with van der Waals surface area (Å²) in [5, 5.41) is 0.499. The molecule has 0 radical (unpaired) electrons. The van der Waals surface area contributed by atoms with E-state index in [1.165, 1.54) is 29.5 Å². The van der Waals surface area contributed by atoms with Crippen LogP contribution in [-0.4, -0.2) is 84.0 Å². The third-order valence-electron chi connectivity index (χ3n) is 6.07. The fourth-order valence-electron chi connectivity index (χ4n) is 3.88. The lowest BCUT2D eigenvalue weighted by Gasteiger charge is -2.29. The molecule has 3 aromatic rings. The van der Waals surface area contributed by atoms with Crippen LogP contribution in [0.3, 0.4) is 0 Å². The zero-order valence-corrected chi connectivity index (χ0v) is 22.7. The van der Waals surface area contributed by atoms with Crippen molar-refractivity contribution < 1.29 is 26.4 Å². The third kappa shape index (κ3) is 6.30. The average Bonchev–Trinajstić information content (AvgIpc) is 3.27. The molecule has 0 spiro atoms. The molecule has 0 atom stereocenters. The number of aromatic nitrogens is 1. The summed E-state index contributed by atoms with van der Waals surface area (Å²) in [5.41, 5.74) is 1.33. The van der Waals surface area contributed by atoms with Crippen molar-refractivity contribution in [1.29, 1.82) is 0 Å². The van der Waals surface area contributed by atoms with Gasteiger partial charge in [-0.2, -0.15) is 0 Å². The van der Waals surface area contributed by atoms with Gasteiger partial charge < -0.3 is 4.74 Å². The molecule has 1 aliphatic heterocycles. The van der Waals surface area contributed by atoms with Crippen molar-refractivity contribution in [2.24, 2.45) is 0 Å². The predicted molar refractivity (Wildman–Crippen MR) is 140 cm³/mol. The smallest absolute Gasteiger partial charge is 0.233 e. The van der Waals surface area contributed by atoms with E-state index in [0.29, 0.717) is 47.2 Å². The number of rotatable bonds is 9. The van der Waals surface area contributed by atoms with E-state index in [9.17, 15) is 21.6 Å². The second kappa shape index (κ2) is 10.9. The number of carbonyl (C=O) groups excluding carboxylic acids is 1. The maximum atomic E-state index is 13.5. The van der Waals surface area contributed by atoms with E-state index in [1.807, 2.05) is 0 Å². The molecular formula is C24H29N3O6S3. The van der Waals surface area contributed by atoms with Crippen molar-refractivity contribution in [3.8, 4) is 0 Å². The van der Waals surface area contributed by atoms with Gasteiger partial charge >= 0.3 is 0 Å². The van der Waals surface area contributed by atoms with Crippen molar-refractivity contribution in [3.05, 3.63) is 48.0 Å². The van der Waals surface area contributed by atoms with E-state index in [2.05, 4.69) is 9.88 Å². The number of sulfone groups is 2. The molecule has 0 bridgehead atoms. The van der Waals surface area contributed by atoms with Crippen LogP contribution in [0.25, 0.3) is 10.2 Å². The average molecular weight is 552 g/mol. The molecule has 9 nitrogen and oxygen atoms in total. The number of morpholine rings is 1. The zero-order chi connectivity index (χ0) is 25.9. The number of anilines is 1. The van der Waals surface area contributed by atoms with Gasteiger partial charge in [-0.05, 0) is 35.9 Å². The molecule has 0 unspecified atom stereocenters. The Balaban J connectivity index is 1.59. The first-order valence-electron chi connectivity index (χ1n) is 11.6. The third-order valence-corrected chi connectivity index (χ3v) is 9.97. The maximum Gasteiger partial charge on any atom is 0.233 e. The molecule has 36 heavy (non-hydrogen) atoms. The van der Waals surface area contributed by atoms with Crippen LogP contribution in [0.2, 0.25) is 0 Å². The van der Waals surface area contributed by atoms with Crippen LogP contribution in [0.4, 0.5) is 5.13 Å². The number of hydrogen-bond acceptors (Lipinski definition) is 9. The first-order valence-corrected chi connectivity index (χ1v) is 16.0. The van der Waals surface area contributed by atoms with Gasteiger partial charge in [0.1, 0.15) is 0 Å². The van der Waals surface area contributed by atoms with Crippen LogP contribution in [0, 0.1) is 0 Å². The number of hydrogen-bond donors (Lipinski definition) is 0. The molecule has 12 heteroatoms. The molecule has 4 rings (SSSR count). The summed E-state index contributed by atoms with van der Waals surface area (Å²) >= 11 is 1.28. The second-order valence-electron chi connectivity index (χ2n) is 8.62. The lowest BCUT2D eigenvalue weighted by Crippen LogP contribution is -2.43. The number of thiazole rings is 1. The number of fused-ring (bicyclic) bond motifs is 1. The molecule has 1 fully saturated rings. The Bertz CT molecular complexity index is 1440. The standard InChI is InChI=1S/C24H29N3O6S3/c1-3-36(31,32)19-6-4-18(5-7-19)16-23(28)27(11-10-26-12-14-33-15-13-26)24-25-21-9-8-20(35(2,29)30)17-22(21)34-24/h4-9,17H,3,10-16H2,1-2H3. The SMILES string of the molecule is CCS(=O)(=O)c1ccc(CC(=O)N(CCN2CCOCC2)c2nc3ccc(S(C)(=O)=O)cc3s2)cc1. The van der Waals surface area contributed by atoms with Gasteiger partial charge in [0.2, 0.25) is 5.91 Å². The molecule has 2 aromatic carbocycles. The first-order chi connectivity index (χ1) is 17.1. The van der Waals surface area contributed by atoms with Crippen LogP contribution in [0.1, 0.15) is 12.5 Å². The number of carbonyl (C=O) groups is 1. The highest BCUT2D eigenvalue weighted by Gasteiger charge is 2.23. The summed E-state index contributed by atoms with van der Waals surface area (Å²) < 4.78 is 54.3. The van der Waals surface area contributed by atoms with Gasteiger partial charge in [-0.1, -0.05) is 30.4 Å². The minimum atomic E-state index is -3.37. The molecule has 1 aliphatic rings. The van der Waals surface area contributed by atoms with Gasteiger partial charge in [0, 0.05) is 32.4 Å². The van der Waals surface area contributed by atoms with E-state index < -0.39 is 19.7 Å². The van der Waals surface area contributed by atoms with E-state index in [1.54, 1.807) is 36.1 Å². The summed E-state index contributed by atoms with van der Waals surface area (Å²) in [6.07, 6.45) is 1.24. The fourth-order valence-corrected chi connectivity index (χ4v) is 6.54. The Morgan fingerprint density at radius 2 is 1.72 bits per heavy atom. The second-order valence-corrected chi connectivity index (χ2v) is 13.9. The quantitative estimate of drug-likeness (QED) is 0.398. The van der Waals surface area contributed by atoms with E-state index in [-0.39, 0.29) is 27.9 Å². The molecule has 0 saturated carbocycles. The predicted octanol–water partition coefficient (Wildman–Crippen LogP) is 2.40. The van der Waals surface area contributed by atoms with Crippen LogP contribution >= 0.6 is 11.3 Å². The Kier molecular flexibility index (Phi) is 8.10. The molecule has 1 saturated heterocycles. The Labute approximate surface area is 215 Å². The summed E-state index contributed by atoms with van der Waals surface area (Å²) in [4.78, 5) is 22.4. The van der Waals surface area contributed by atoms with Gasteiger partial charge in [0.25, 0.3) is 0 Å². The lowest BCUT2D eigenvalue weighted by molar-refractivity contribution is -0.118. The van der Waals surface area contributed by atoms with Crippen molar-refractivity contribution in [2.45, 2.75) is 23.1 Å². The molecule has 2 heterocycles. The van der Waals surface area contributed by atoms with Crippen molar-refractivity contribution in [3.63, 3.8) is 0 Å². The van der Waals surface area contributed by atoms with E-state index in [0.717, 1.165) is 19.3 Å². The normalized spacial score (nSPS) is 15.3. The van der Waals surface area contributed by atoms with Crippen LogP contribution < -0.4 is 4.90 Å². The van der Waals surface area contributed by atoms with Gasteiger partial charge in [-0.25, -0.2) is 21.8 Å². The number of amides is 1. The number of benzene rings is 2. The number of nitrogens with zero attached hydrogens (tertiary/aromatic N) is 3. The Morgan fingerprint density at radius 1 is 1.06 bits per heavy atom. The van der Waals surface area contributed by atoms with Gasteiger partial charge in [-0.3, -0.25) is 14.6 Å². The minimum absolute atomic E-state index is 0.0131. The Morgan fingerprint density at radius 3 is 2.36 bits per heavy atom.